The molecule has 2 aromatic carbocycles. The van der Waals surface area contributed by atoms with Gasteiger partial charge < -0.3 is 23.7 Å². The normalized spacial score (nSPS) is 16.1. The number of aromatic nitrogens is 1. The number of carbonyl (C=O) groups is 2. The molecule has 0 saturated carbocycles. The van der Waals surface area contributed by atoms with E-state index in [0.29, 0.717) is 49.2 Å². The number of furan rings is 1. The van der Waals surface area contributed by atoms with Crippen molar-refractivity contribution in [3.63, 3.8) is 0 Å². The number of carbonyl (C=O) groups excluding carboxylic acids is 1. The van der Waals surface area contributed by atoms with Gasteiger partial charge in [0.25, 0.3) is 5.56 Å². The number of hydrogen-bond donors (Lipinski definition) is 1. The smallest absolute Gasteiger partial charge is 0.338 e. The summed E-state index contributed by atoms with van der Waals surface area (Å²) in [5, 5.41) is 9.53. The van der Waals surface area contributed by atoms with Crippen molar-refractivity contribution in [2.24, 2.45) is 4.99 Å². The molecule has 0 fully saturated rings. The molecule has 202 valence electrons. The van der Waals surface area contributed by atoms with Crippen LogP contribution in [0, 0.1) is 0 Å². The number of nitrogens with zero attached hydrogens (tertiary/aromatic N) is 2. The molecule has 0 saturated heterocycles. The van der Waals surface area contributed by atoms with Gasteiger partial charge in [-0.15, -0.1) is 0 Å². The van der Waals surface area contributed by atoms with Crippen molar-refractivity contribution in [2.75, 3.05) is 13.4 Å². The first-order valence-corrected chi connectivity index (χ1v) is 13.2. The number of carboxylic acids is 1. The molecule has 4 aromatic rings. The molecule has 1 N–H and O–H groups in total. The van der Waals surface area contributed by atoms with Crippen molar-refractivity contribution in [1.82, 2.24) is 4.57 Å². The van der Waals surface area contributed by atoms with Crippen LogP contribution in [0.2, 0.25) is 0 Å². The van der Waals surface area contributed by atoms with Crippen LogP contribution in [-0.2, 0) is 9.53 Å². The highest BCUT2D eigenvalue weighted by atomic mass is 32.1. The molecule has 6 rings (SSSR count). The van der Waals surface area contributed by atoms with E-state index < -0.39 is 18.0 Å². The van der Waals surface area contributed by atoms with Crippen LogP contribution >= 0.6 is 11.3 Å². The summed E-state index contributed by atoms with van der Waals surface area (Å²) >= 11 is 1.16. The number of carboxylic acid groups (broad SMARTS) is 1. The van der Waals surface area contributed by atoms with Crippen LogP contribution in [0.3, 0.4) is 0 Å². The lowest BCUT2D eigenvalue weighted by molar-refractivity contribution is -0.139. The average molecular weight is 559 g/mol. The first kappa shape index (κ1) is 25.4. The molecule has 1 atom stereocenters. The van der Waals surface area contributed by atoms with Gasteiger partial charge in [0.2, 0.25) is 6.79 Å². The Bertz CT molecular complexity index is 1890. The summed E-state index contributed by atoms with van der Waals surface area (Å²) in [7, 11) is 0. The number of esters is 1. The number of fused-ring (bicyclic) bond motifs is 2. The van der Waals surface area contributed by atoms with Gasteiger partial charge in [0.05, 0.1) is 34.0 Å². The van der Waals surface area contributed by atoms with Gasteiger partial charge in [-0.3, -0.25) is 9.36 Å². The zero-order chi connectivity index (χ0) is 28.0. The Labute approximate surface area is 230 Å². The Morgan fingerprint density at radius 3 is 2.75 bits per heavy atom. The van der Waals surface area contributed by atoms with Crippen LogP contribution in [0.1, 0.15) is 41.6 Å². The van der Waals surface area contributed by atoms with E-state index in [1.165, 1.54) is 10.6 Å². The fourth-order valence-corrected chi connectivity index (χ4v) is 5.81. The van der Waals surface area contributed by atoms with Gasteiger partial charge in [0.1, 0.15) is 11.5 Å². The van der Waals surface area contributed by atoms with Crippen LogP contribution in [0.25, 0.3) is 17.4 Å². The number of benzene rings is 2. The van der Waals surface area contributed by atoms with Crippen LogP contribution in [-0.4, -0.2) is 35.0 Å². The summed E-state index contributed by atoms with van der Waals surface area (Å²) in [4.78, 5) is 43.5. The molecule has 0 spiro atoms. The maximum absolute atomic E-state index is 13.8. The maximum Gasteiger partial charge on any atom is 0.338 e. The Kier molecular flexibility index (Phi) is 6.35. The average Bonchev–Trinajstić information content (AvgIpc) is 3.67. The van der Waals surface area contributed by atoms with Crippen molar-refractivity contribution in [2.45, 2.75) is 19.9 Å². The van der Waals surface area contributed by atoms with Crippen molar-refractivity contribution in [3.8, 4) is 22.8 Å². The van der Waals surface area contributed by atoms with Crippen molar-refractivity contribution in [3.05, 3.63) is 102 Å². The minimum Gasteiger partial charge on any atom is -0.478 e. The number of rotatable bonds is 6. The molecule has 0 amide bonds. The fraction of sp³-hybridized carbons (Fsp3) is 0.172. The Hall–Kier alpha value is -4.90. The van der Waals surface area contributed by atoms with Gasteiger partial charge in [-0.05, 0) is 49.7 Å². The zero-order valence-corrected chi connectivity index (χ0v) is 22.2. The molecule has 0 bridgehead atoms. The second-order valence-corrected chi connectivity index (χ2v) is 9.98. The molecule has 10 nitrogen and oxygen atoms in total. The molecule has 11 heteroatoms. The van der Waals surface area contributed by atoms with Crippen LogP contribution in [0.4, 0.5) is 0 Å². The van der Waals surface area contributed by atoms with Crippen LogP contribution in [0.15, 0.2) is 80.1 Å². The van der Waals surface area contributed by atoms with Gasteiger partial charge in [-0.25, -0.2) is 14.6 Å². The molecule has 0 radical (unpaired) electrons. The van der Waals surface area contributed by atoms with Gasteiger partial charge in [-0.1, -0.05) is 35.6 Å². The molecule has 2 aromatic heterocycles. The Morgan fingerprint density at radius 1 is 1.15 bits per heavy atom. The quantitative estimate of drug-likeness (QED) is 0.356. The van der Waals surface area contributed by atoms with E-state index in [9.17, 15) is 19.5 Å². The first-order valence-electron chi connectivity index (χ1n) is 12.4. The minimum absolute atomic E-state index is 0.0865. The second kappa shape index (κ2) is 10.0. The summed E-state index contributed by atoms with van der Waals surface area (Å²) in [6.45, 7) is 3.68. The Balaban J connectivity index is 1.48. The van der Waals surface area contributed by atoms with E-state index in [0.717, 1.165) is 11.3 Å². The van der Waals surface area contributed by atoms with E-state index >= 15 is 0 Å². The standard InChI is InChI=1S/C29H22N2O8S/c1-3-36-28(35)24-15(2)30-29-31(25(24)16-8-10-21-22(12-16)38-14-37-21)26(32)23(40-29)13-17-9-11-20(39-17)18-6-4-5-7-19(18)27(33)34/h4-13,25H,3,14H2,1-2H3,(H,33,34)/b23-13-/t25-/m1/s1. The molecule has 4 heterocycles. The van der Waals surface area contributed by atoms with Gasteiger partial charge >= 0.3 is 11.9 Å². The molecular formula is C29H22N2O8S. The van der Waals surface area contributed by atoms with E-state index in [1.807, 2.05) is 0 Å². The lowest BCUT2D eigenvalue weighted by Gasteiger charge is -2.24. The van der Waals surface area contributed by atoms with Crippen LogP contribution < -0.4 is 24.4 Å². The van der Waals surface area contributed by atoms with E-state index in [-0.39, 0.29) is 30.1 Å². The number of allylic oxidation sites excluding steroid dienone is 1. The highest BCUT2D eigenvalue weighted by Gasteiger charge is 2.34. The minimum atomic E-state index is -1.07. The highest BCUT2D eigenvalue weighted by Crippen LogP contribution is 2.38. The number of thiazole rings is 1. The molecule has 2 aliphatic heterocycles. The van der Waals surface area contributed by atoms with Crippen molar-refractivity contribution < 1.29 is 33.3 Å². The van der Waals surface area contributed by atoms with Gasteiger partial charge in [0.15, 0.2) is 16.3 Å². The summed E-state index contributed by atoms with van der Waals surface area (Å²) < 4.78 is 24.0. The predicted molar refractivity (Wildman–Crippen MR) is 144 cm³/mol. The summed E-state index contributed by atoms with van der Waals surface area (Å²) in [5.74, 6) is 0.179. The first-order chi connectivity index (χ1) is 19.4. The van der Waals surface area contributed by atoms with Gasteiger partial charge in [0, 0.05) is 11.6 Å². The van der Waals surface area contributed by atoms with E-state index in [1.54, 1.807) is 68.5 Å². The third-order valence-electron chi connectivity index (χ3n) is 6.55. The number of aromatic carboxylic acids is 1. The Morgan fingerprint density at radius 2 is 1.95 bits per heavy atom. The summed E-state index contributed by atoms with van der Waals surface area (Å²) in [6.07, 6.45) is 1.58. The largest absolute Gasteiger partial charge is 0.478 e. The maximum atomic E-state index is 13.8. The molecular weight excluding hydrogens is 536 g/mol. The molecule has 2 aliphatic rings. The molecule has 0 unspecified atom stereocenters. The van der Waals surface area contributed by atoms with Crippen LogP contribution in [0.5, 0.6) is 11.5 Å². The third-order valence-corrected chi connectivity index (χ3v) is 7.54. The fourth-order valence-electron chi connectivity index (χ4n) is 4.78. The van der Waals surface area contributed by atoms with E-state index in [2.05, 4.69) is 4.99 Å². The number of hydrogen-bond acceptors (Lipinski definition) is 9. The van der Waals surface area contributed by atoms with Crippen molar-refractivity contribution >= 4 is 29.4 Å². The molecule has 40 heavy (non-hydrogen) atoms. The SMILES string of the molecule is CCOC(=O)C1=C(C)N=c2s/c(=C\c3ccc(-c4ccccc4C(=O)O)o3)c(=O)n2[C@@H]1c1ccc2c(c1)OCO2. The summed E-state index contributed by atoms with van der Waals surface area (Å²) in [5.41, 5.74) is 1.50. The van der Waals surface area contributed by atoms with E-state index in [4.69, 9.17) is 18.6 Å². The predicted octanol–water partition coefficient (Wildman–Crippen LogP) is 3.49. The van der Waals surface area contributed by atoms with Gasteiger partial charge in [-0.2, -0.15) is 0 Å². The van der Waals surface area contributed by atoms with Crippen molar-refractivity contribution in [1.29, 1.82) is 0 Å². The molecule has 0 aliphatic carbocycles. The zero-order valence-electron chi connectivity index (χ0n) is 21.4. The number of ether oxygens (including phenoxy) is 3. The lowest BCUT2D eigenvalue weighted by Crippen LogP contribution is -2.39. The summed E-state index contributed by atoms with van der Waals surface area (Å²) in [6, 6.07) is 14.3. The third kappa shape index (κ3) is 4.30. The highest BCUT2D eigenvalue weighted by molar-refractivity contribution is 7.07. The topological polar surface area (TPSA) is 130 Å². The second-order valence-electron chi connectivity index (χ2n) is 8.97. The lowest BCUT2D eigenvalue weighted by atomic mass is 9.95. The monoisotopic (exact) mass is 558 g/mol.